The number of aryl methyl sites for hydroxylation is 1. The van der Waals surface area contributed by atoms with Gasteiger partial charge in [-0.15, -0.1) is 0 Å². The molecule has 1 fully saturated rings. The lowest BCUT2D eigenvalue weighted by Gasteiger charge is -2.32. The highest BCUT2D eigenvalue weighted by atomic mass is 32.2. The number of sulfonamides is 1. The van der Waals surface area contributed by atoms with Crippen molar-refractivity contribution in [2.75, 3.05) is 6.54 Å². The molecule has 1 saturated heterocycles. The van der Waals surface area contributed by atoms with E-state index in [1.807, 2.05) is 38.1 Å². The first-order valence-corrected chi connectivity index (χ1v) is 12.6. The lowest BCUT2D eigenvalue weighted by atomic mass is 10.1. The van der Waals surface area contributed by atoms with Gasteiger partial charge < -0.3 is 9.88 Å². The molecule has 4 rings (SSSR count). The second-order valence-corrected chi connectivity index (χ2v) is 10.3. The van der Waals surface area contributed by atoms with E-state index in [9.17, 15) is 13.2 Å². The smallest absolute Gasteiger partial charge is 0.251 e. The third-order valence-electron chi connectivity index (χ3n) is 6.20. The molecular formula is C24H30N4O3S. The van der Waals surface area contributed by atoms with Gasteiger partial charge in [0.2, 0.25) is 10.0 Å². The van der Waals surface area contributed by atoms with Crippen LogP contribution in [0.2, 0.25) is 0 Å². The Morgan fingerprint density at radius 1 is 1.16 bits per heavy atom. The summed E-state index contributed by atoms with van der Waals surface area (Å²) in [4.78, 5) is 17.8. The SMILES string of the molecule is CCn1c([C@H](C)NC(=O)c2ccc(S(=O)(=O)N3CCCC[C@H]3C)cc2)nc2ccccc21. The summed E-state index contributed by atoms with van der Waals surface area (Å²) in [6.07, 6.45) is 2.81. The van der Waals surface area contributed by atoms with Gasteiger partial charge in [0.25, 0.3) is 5.91 Å². The summed E-state index contributed by atoms with van der Waals surface area (Å²) in [5, 5.41) is 2.99. The van der Waals surface area contributed by atoms with Crippen LogP contribution in [-0.4, -0.2) is 40.8 Å². The molecule has 3 aromatic rings. The van der Waals surface area contributed by atoms with E-state index in [0.717, 1.165) is 42.7 Å². The van der Waals surface area contributed by atoms with E-state index >= 15 is 0 Å². The predicted octanol–water partition coefficient (Wildman–Crippen LogP) is 4.11. The number of carbonyl (C=O) groups excluding carboxylic acids is 1. The average molecular weight is 455 g/mol. The van der Waals surface area contributed by atoms with Crippen LogP contribution >= 0.6 is 0 Å². The summed E-state index contributed by atoms with van der Waals surface area (Å²) in [5.41, 5.74) is 2.35. The Balaban J connectivity index is 1.51. The minimum absolute atomic E-state index is 0.00426. The number of hydrogen-bond acceptors (Lipinski definition) is 4. The normalized spacial score (nSPS) is 18.5. The van der Waals surface area contributed by atoms with Gasteiger partial charge in [0, 0.05) is 24.7 Å². The molecule has 0 radical (unpaired) electrons. The molecule has 1 aromatic heterocycles. The van der Waals surface area contributed by atoms with Crippen LogP contribution in [0.1, 0.15) is 62.3 Å². The molecule has 0 saturated carbocycles. The van der Waals surface area contributed by atoms with Gasteiger partial charge in [-0.2, -0.15) is 4.31 Å². The van der Waals surface area contributed by atoms with Crippen molar-refractivity contribution in [2.45, 2.75) is 63.6 Å². The Bertz CT molecular complexity index is 1220. The molecule has 1 aliphatic heterocycles. The highest BCUT2D eigenvalue weighted by molar-refractivity contribution is 7.89. The monoisotopic (exact) mass is 454 g/mol. The van der Waals surface area contributed by atoms with Crippen molar-refractivity contribution in [1.82, 2.24) is 19.2 Å². The number of nitrogens with one attached hydrogen (secondary N) is 1. The van der Waals surface area contributed by atoms with Gasteiger partial charge >= 0.3 is 0 Å². The first-order valence-electron chi connectivity index (χ1n) is 11.2. The predicted molar refractivity (Wildman–Crippen MR) is 125 cm³/mol. The molecule has 2 heterocycles. The van der Waals surface area contributed by atoms with Crippen molar-refractivity contribution < 1.29 is 13.2 Å². The number of nitrogens with zero attached hydrogens (tertiary/aromatic N) is 3. The Morgan fingerprint density at radius 2 is 1.88 bits per heavy atom. The topological polar surface area (TPSA) is 84.3 Å². The fourth-order valence-corrected chi connectivity index (χ4v) is 6.14. The lowest BCUT2D eigenvalue weighted by Crippen LogP contribution is -2.41. The number of amides is 1. The maximum absolute atomic E-state index is 13.0. The van der Waals surface area contributed by atoms with E-state index in [1.54, 1.807) is 16.4 Å². The van der Waals surface area contributed by atoms with E-state index in [0.29, 0.717) is 12.1 Å². The maximum Gasteiger partial charge on any atom is 0.251 e. The third kappa shape index (κ3) is 4.17. The number of hydrogen-bond donors (Lipinski definition) is 1. The summed E-state index contributed by atoms with van der Waals surface area (Å²) >= 11 is 0. The number of fused-ring (bicyclic) bond motifs is 1. The van der Waals surface area contributed by atoms with Crippen LogP contribution in [0.3, 0.4) is 0 Å². The van der Waals surface area contributed by atoms with Crippen molar-refractivity contribution in [3.63, 3.8) is 0 Å². The molecule has 0 aliphatic carbocycles. The zero-order valence-electron chi connectivity index (χ0n) is 18.8. The quantitative estimate of drug-likeness (QED) is 0.607. The molecule has 170 valence electrons. The summed E-state index contributed by atoms with van der Waals surface area (Å²) in [6.45, 7) is 7.19. The van der Waals surface area contributed by atoms with Gasteiger partial charge in [-0.3, -0.25) is 4.79 Å². The van der Waals surface area contributed by atoms with Gasteiger partial charge in [0.1, 0.15) is 5.82 Å². The van der Waals surface area contributed by atoms with Gasteiger partial charge in [-0.25, -0.2) is 13.4 Å². The molecule has 0 spiro atoms. The van der Waals surface area contributed by atoms with Crippen LogP contribution in [0, 0.1) is 0 Å². The second kappa shape index (κ2) is 9.03. The Labute approximate surface area is 189 Å². The number of rotatable bonds is 6. The molecule has 1 aliphatic rings. The minimum atomic E-state index is -3.56. The van der Waals surface area contributed by atoms with Crippen molar-refractivity contribution in [3.8, 4) is 0 Å². The van der Waals surface area contributed by atoms with Gasteiger partial charge in [0.05, 0.1) is 22.0 Å². The Morgan fingerprint density at radius 3 is 2.56 bits per heavy atom. The van der Waals surface area contributed by atoms with Crippen LogP contribution in [0.15, 0.2) is 53.4 Å². The number of para-hydroxylation sites is 2. The molecule has 0 bridgehead atoms. The molecular weight excluding hydrogens is 424 g/mol. The molecule has 32 heavy (non-hydrogen) atoms. The summed E-state index contributed by atoms with van der Waals surface area (Å²) < 4.78 is 29.7. The summed E-state index contributed by atoms with van der Waals surface area (Å²) in [7, 11) is -3.56. The van der Waals surface area contributed by atoms with E-state index in [1.165, 1.54) is 12.1 Å². The van der Waals surface area contributed by atoms with E-state index in [4.69, 9.17) is 4.98 Å². The largest absolute Gasteiger partial charge is 0.342 e. The molecule has 0 unspecified atom stereocenters. The number of carbonyl (C=O) groups is 1. The zero-order valence-corrected chi connectivity index (χ0v) is 19.6. The maximum atomic E-state index is 13.0. The average Bonchev–Trinajstić information content (AvgIpc) is 3.18. The number of piperidine rings is 1. The van der Waals surface area contributed by atoms with Crippen molar-refractivity contribution >= 4 is 27.0 Å². The van der Waals surface area contributed by atoms with Gasteiger partial charge in [-0.05, 0) is 70.0 Å². The third-order valence-corrected chi connectivity index (χ3v) is 8.23. The molecule has 2 atom stereocenters. The lowest BCUT2D eigenvalue weighted by molar-refractivity contribution is 0.0937. The number of aromatic nitrogens is 2. The van der Waals surface area contributed by atoms with E-state index < -0.39 is 10.0 Å². The fourth-order valence-electron chi connectivity index (χ4n) is 4.44. The van der Waals surface area contributed by atoms with Crippen LogP contribution in [0.5, 0.6) is 0 Å². The summed E-state index contributed by atoms with van der Waals surface area (Å²) in [6, 6.07) is 13.8. The van der Waals surface area contributed by atoms with Crippen LogP contribution < -0.4 is 5.32 Å². The van der Waals surface area contributed by atoms with Gasteiger partial charge in [0.15, 0.2) is 0 Å². The molecule has 1 amide bonds. The Hall–Kier alpha value is -2.71. The van der Waals surface area contributed by atoms with Crippen molar-refractivity contribution in [3.05, 3.63) is 59.9 Å². The van der Waals surface area contributed by atoms with E-state index in [2.05, 4.69) is 16.8 Å². The first-order chi connectivity index (χ1) is 15.3. The highest BCUT2D eigenvalue weighted by Gasteiger charge is 2.31. The Kier molecular flexibility index (Phi) is 6.35. The van der Waals surface area contributed by atoms with Gasteiger partial charge in [-0.1, -0.05) is 18.6 Å². The fraction of sp³-hybridized carbons (Fsp3) is 0.417. The van der Waals surface area contributed by atoms with Crippen LogP contribution in [-0.2, 0) is 16.6 Å². The van der Waals surface area contributed by atoms with Crippen LogP contribution in [0.4, 0.5) is 0 Å². The molecule has 8 heteroatoms. The van der Waals surface area contributed by atoms with Crippen molar-refractivity contribution in [1.29, 1.82) is 0 Å². The standard InChI is InChI=1S/C24H30N4O3S/c1-4-27-22-11-6-5-10-21(22)26-23(27)18(3)25-24(29)19-12-14-20(15-13-19)32(30,31)28-16-8-7-9-17(28)2/h5-6,10-15,17-18H,4,7-9,16H2,1-3H3,(H,25,29)/t17-,18+/m1/s1. The highest BCUT2D eigenvalue weighted by Crippen LogP contribution is 2.26. The molecule has 2 aromatic carbocycles. The first kappa shape index (κ1) is 22.5. The summed E-state index contributed by atoms with van der Waals surface area (Å²) in [5.74, 6) is 0.530. The molecule has 7 nitrogen and oxygen atoms in total. The van der Waals surface area contributed by atoms with E-state index in [-0.39, 0.29) is 22.9 Å². The van der Waals surface area contributed by atoms with Crippen molar-refractivity contribution in [2.24, 2.45) is 0 Å². The number of imidazole rings is 1. The zero-order chi connectivity index (χ0) is 22.9. The molecule has 1 N–H and O–H groups in total. The minimum Gasteiger partial charge on any atom is -0.342 e. The number of benzene rings is 2. The van der Waals surface area contributed by atoms with Crippen LogP contribution in [0.25, 0.3) is 11.0 Å². The second-order valence-electron chi connectivity index (χ2n) is 8.38.